The number of ether oxygens (including phenoxy) is 3. The van der Waals surface area contributed by atoms with Crippen LogP contribution < -0.4 is 0 Å². The molecule has 0 aliphatic heterocycles. The summed E-state index contributed by atoms with van der Waals surface area (Å²) >= 11 is 0. The smallest absolute Gasteiger partial charge is 0.306 e. The summed E-state index contributed by atoms with van der Waals surface area (Å²) in [6, 6.07) is 0. The van der Waals surface area contributed by atoms with Crippen molar-refractivity contribution in [1.29, 1.82) is 0 Å². The Kier molecular flexibility index (Phi) is 61.2. The van der Waals surface area contributed by atoms with E-state index in [4.69, 9.17) is 14.2 Å². The third kappa shape index (κ3) is 61.8. The molecule has 0 amide bonds. The third-order valence-corrected chi connectivity index (χ3v) is 14.5. The third-order valence-electron chi connectivity index (χ3n) is 14.5. The molecule has 6 nitrogen and oxygen atoms in total. The van der Waals surface area contributed by atoms with Crippen molar-refractivity contribution in [2.45, 2.75) is 348 Å². The topological polar surface area (TPSA) is 78.9 Å². The van der Waals surface area contributed by atoms with Crippen molar-refractivity contribution in [2.24, 2.45) is 0 Å². The summed E-state index contributed by atoms with van der Waals surface area (Å²) in [5, 5.41) is 0. The Bertz CT molecular complexity index is 1340. The Balaban J connectivity index is 4.08. The van der Waals surface area contributed by atoms with Gasteiger partial charge in [0.2, 0.25) is 0 Å². The zero-order chi connectivity index (χ0) is 54.3. The second-order valence-corrected chi connectivity index (χ2v) is 22.0. The van der Waals surface area contributed by atoms with E-state index in [1.54, 1.807) is 0 Å². The van der Waals surface area contributed by atoms with Crippen LogP contribution in [-0.2, 0) is 28.6 Å². The molecular formula is C69H124O6. The monoisotopic (exact) mass is 1050 g/mol. The molecule has 1 atom stereocenters. The molecule has 0 aromatic heterocycles. The van der Waals surface area contributed by atoms with Crippen molar-refractivity contribution in [3.05, 3.63) is 60.8 Å². The normalized spacial score (nSPS) is 12.4. The summed E-state index contributed by atoms with van der Waals surface area (Å²) in [5.74, 6) is -0.867. The number of rotatable bonds is 60. The SMILES string of the molecule is CC/C=C\C/C=C\C/C=C\C/C=C\CCCCCCCCCCCCC(=O)OC(COC(=O)CCCCCCCCC)COC(=O)CCCCCCCCCCCCCCCCC/C=C\CCCCCCCCCC. The largest absolute Gasteiger partial charge is 0.462 e. The van der Waals surface area contributed by atoms with Gasteiger partial charge in [-0.2, -0.15) is 0 Å². The van der Waals surface area contributed by atoms with Gasteiger partial charge >= 0.3 is 17.9 Å². The Morgan fingerprint density at radius 1 is 0.280 bits per heavy atom. The van der Waals surface area contributed by atoms with Gasteiger partial charge in [0.15, 0.2) is 6.10 Å². The fourth-order valence-electron chi connectivity index (χ4n) is 9.61. The fraction of sp³-hybridized carbons (Fsp3) is 0.812. The van der Waals surface area contributed by atoms with Gasteiger partial charge in [-0.3, -0.25) is 14.4 Å². The lowest BCUT2D eigenvalue weighted by Crippen LogP contribution is -2.30. The van der Waals surface area contributed by atoms with E-state index in [2.05, 4.69) is 81.5 Å². The minimum atomic E-state index is -0.773. The lowest BCUT2D eigenvalue weighted by molar-refractivity contribution is -0.167. The van der Waals surface area contributed by atoms with Gasteiger partial charge in [-0.1, -0.05) is 300 Å². The molecule has 0 saturated heterocycles. The second kappa shape index (κ2) is 63.6. The predicted molar refractivity (Wildman–Crippen MR) is 325 cm³/mol. The standard InChI is InChI=1S/C69H124O6/c1-4-7-10-13-16-18-20-22-24-26-28-30-32-33-34-35-37-38-40-42-44-46-48-50-53-56-59-62-68(71)74-65-66(64-73-67(70)61-58-55-52-15-12-9-6-3)75-69(72)63-60-57-54-51-49-47-45-43-41-39-36-31-29-27-25-23-21-19-17-14-11-8-5-2/h8,11,17,19,23,25-26,28-29,31,66H,4-7,9-10,12-16,18,20-22,24,27,30,32-65H2,1-3H3/b11-8-,19-17-,25-23-,28-26-,31-29-. The van der Waals surface area contributed by atoms with Gasteiger partial charge in [0.25, 0.3) is 0 Å². The van der Waals surface area contributed by atoms with Gasteiger partial charge in [0.1, 0.15) is 13.2 Å². The van der Waals surface area contributed by atoms with Crippen LogP contribution in [0.5, 0.6) is 0 Å². The zero-order valence-electron chi connectivity index (χ0n) is 50.1. The Morgan fingerprint density at radius 3 is 0.827 bits per heavy atom. The molecule has 0 fully saturated rings. The minimum absolute atomic E-state index is 0.0724. The number of allylic oxidation sites excluding steroid dienone is 10. The predicted octanol–water partition coefficient (Wildman–Crippen LogP) is 22.3. The Labute approximate surface area is 466 Å². The van der Waals surface area contributed by atoms with Crippen LogP contribution in [0.25, 0.3) is 0 Å². The van der Waals surface area contributed by atoms with Crippen LogP contribution in [0.15, 0.2) is 60.8 Å². The Hall–Kier alpha value is -2.89. The summed E-state index contributed by atoms with van der Waals surface area (Å²) in [4.78, 5) is 38.1. The quantitative estimate of drug-likeness (QED) is 0.0261. The summed E-state index contributed by atoms with van der Waals surface area (Å²) in [6.07, 6.45) is 81.2. The van der Waals surface area contributed by atoms with E-state index < -0.39 is 6.10 Å². The minimum Gasteiger partial charge on any atom is -0.462 e. The molecule has 0 N–H and O–H groups in total. The van der Waals surface area contributed by atoms with Crippen LogP contribution >= 0.6 is 0 Å². The van der Waals surface area contributed by atoms with Crippen LogP contribution in [0.4, 0.5) is 0 Å². The van der Waals surface area contributed by atoms with Crippen molar-refractivity contribution < 1.29 is 28.6 Å². The van der Waals surface area contributed by atoms with Gasteiger partial charge in [0.05, 0.1) is 0 Å². The van der Waals surface area contributed by atoms with Crippen molar-refractivity contribution in [3.63, 3.8) is 0 Å². The first-order chi connectivity index (χ1) is 37.0. The van der Waals surface area contributed by atoms with E-state index in [9.17, 15) is 14.4 Å². The highest BCUT2D eigenvalue weighted by Crippen LogP contribution is 2.17. The van der Waals surface area contributed by atoms with Gasteiger partial charge in [-0.05, 0) is 83.5 Å². The van der Waals surface area contributed by atoms with Crippen molar-refractivity contribution >= 4 is 17.9 Å². The summed E-state index contributed by atoms with van der Waals surface area (Å²) in [6.45, 7) is 6.53. The molecule has 0 rings (SSSR count). The first-order valence-electron chi connectivity index (χ1n) is 32.8. The molecule has 0 heterocycles. The summed E-state index contributed by atoms with van der Waals surface area (Å²) in [7, 11) is 0. The van der Waals surface area contributed by atoms with Crippen LogP contribution in [0, 0.1) is 0 Å². The van der Waals surface area contributed by atoms with E-state index in [-0.39, 0.29) is 31.1 Å². The molecule has 0 aromatic rings. The molecule has 0 bridgehead atoms. The maximum absolute atomic E-state index is 12.9. The van der Waals surface area contributed by atoms with E-state index >= 15 is 0 Å². The van der Waals surface area contributed by atoms with Gasteiger partial charge in [0, 0.05) is 19.3 Å². The molecule has 75 heavy (non-hydrogen) atoms. The molecule has 0 radical (unpaired) electrons. The number of esters is 3. The first-order valence-corrected chi connectivity index (χ1v) is 32.8. The maximum Gasteiger partial charge on any atom is 0.306 e. The van der Waals surface area contributed by atoms with E-state index in [1.165, 1.54) is 218 Å². The van der Waals surface area contributed by atoms with Gasteiger partial charge in [-0.15, -0.1) is 0 Å². The molecule has 0 aliphatic carbocycles. The number of hydrogen-bond acceptors (Lipinski definition) is 6. The lowest BCUT2D eigenvalue weighted by Gasteiger charge is -2.18. The first kappa shape index (κ1) is 72.1. The van der Waals surface area contributed by atoms with Crippen molar-refractivity contribution in [3.8, 4) is 0 Å². The molecule has 0 aliphatic rings. The molecule has 1 unspecified atom stereocenters. The molecule has 0 saturated carbocycles. The molecular weight excluding hydrogens is 925 g/mol. The molecule has 6 heteroatoms. The number of carbonyl (C=O) groups is 3. The number of unbranched alkanes of at least 4 members (excludes halogenated alkanes) is 39. The van der Waals surface area contributed by atoms with Crippen LogP contribution in [0.1, 0.15) is 342 Å². The second-order valence-electron chi connectivity index (χ2n) is 22.0. The number of hydrogen-bond donors (Lipinski definition) is 0. The van der Waals surface area contributed by atoms with Crippen molar-refractivity contribution in [2.75, 3.05) is 13.2 Å². The zero-order valence-corrected chi connectivity index (χ0v) is 50.1. The maximum atomic E-state index is 12.9. The highest BCUT2D eigenvalue weighted by atomic mass is 16.6. The highest BCUT2D eigenvalue weighted by Gasteiger charge is 2.19. The van der Waals surface area contributed by atoms with Gasteiger partial charge in [-0.25, -0.2) is 0 Å². The lowest BCUT2D eigenvalue weighted by atomic mass is 10.0. The average Bonchev–Trinajstić information content (AvgIpc) is 3.41. The Morgan fingerprint density at radius 2 is 0.520 bits per heavy atom. The van der Waals surface area contributed by atoms with E-state index in [0.717, 1.165) is 83.5 Å². The fourth-order valence-corrected chi connectivity index (χ4v) is 9.61. The van der Waals surface area contributed by atoms with Gasteiger partial charge < -0.3 is 14.2 Å². The van der Waals surface area contributed by atoms with Crippen LogP contribution in [0.2, 0.25) is 0 Å². The van der Waals surface area contributed by atoms with Crippen LogP contribution in [0.3, 0.4) is 0 Å². The summed E-state index contributed by atoms with van der Waals surface area (Å²) in [5.41, 5.74) is 0. The number of carbonyl (C=O) groups excluding carboxylic acids is 3. The van der Waals surface area contributed by atoms with E-state index in [0.29, 0.717) is 19.3 Å². The highest BCUT2D eigenvalue weighted by molar-refractivity contribution is 5.71. The summed E-state index contributed by atoms with van der Waals surface area (Å²) < 4.78 is 16.9. The molecule has 0 spiro atoms. The molecule has 436 valence electrons. The van der Waals surface area contributed by atoms with Crippen molar-refractivity contribution in [1.82, 2.24) is 0 Å². The molecule has 0 aromatic carbocycles. The van der Waals surface area contributed by atoms with Crippen LogP contribution in [-0.4, -0.2) is 37.2 Å². The van der Waals surface area contributed by atoms with E-state index in [1.807, 2.05) is 0 Å². The average molecular weight is 1050 g/mol.